The maximum atomic E-state index is 12.4. The number of carbonyl (C=O) groups is 5. The molecule has 3 atom stereocenters. The molecule has 0 saturated carbocycles. The van der Waals surface area contributed by atoms with E-state index in [9.17, 15) is 24.0 Å². The van der Waals surface area contributed by atoms with E-state index in [4.69, 9.17) is 15.9 Å². The summed E-state index contributed by atoms with van der Waals surface area (Å²) in [6, 6.07) is -3.29. The monoisotopic (exact) mass is 406 g/mol. The number of nitrogens with two attached hydrogens (primary N) is 1. The van der Waals surface area contributed by atoms with Crippen LogP contribution >= 0.6 is 12.6 Å². The second-order valence-electron chi connectivity index (χ2n) is 6.12. The minimum atomic E-state index is -1.26. The first kappa shape index (κ1) is 24.7. The molecular weight excluding hydrogens is 380 g/mol. The van der Waals surface area contributed by atoms with Crippen LogP contribution in [0.3, 0.4) is 0 Å². The quantitative estimate of drug-likeness (QED) is 0.180. The highest BCUT2D eigenvalue weighted by atomic mass is 32.1. The first-order chi connectivity index (χ1) is 12.5. The van der Waals surface area contributed by atoms with Crippen molar-refractivity contribution in [1.29, 1.82) is 0 Å². The second-order valence-corrected chi connectivity index (χ2v) is 6.48. The van der Waals surface area contributed by atoms with Gasteiger partial charge in [0.25, 0.3) is 0 Å². The third kappa shape index (κ3) is 9.80. The lowest BCUT2D eigenvalue weighted by Crippen LogP contribution is -2.57. The number of hydrogen-bond acceptors (Lipinski definition) is 7. The number of carboxylic acids is 2. The lowest BCUT2D eigenvalue weighted by molar-refractivity contribution is -0.138. The SMILES string of the molecule is CC(C)[C@H](N)C(=O)N[C@@H](CCC(=O)O)C(=O)N[C@@H](CS)C(=O)NCC(=O)O. The van der Waals surface area contributed by atoms with Gasteiger partial charge in [0.15, 0.2) is 0 Å². The molecular formula is C15H26N4O7S. The molecule has 0 aliphatic heterocycles. The highest BCUT2D eigenvalue weighted by molar-refractivity contribution is 7.80. The lowest BCUT2D eigenvalue weighted by Gasteiger charge is -2.24. The minimum Gasteiger partial charge on any atom is -0.481 e. The molecule has 154 valence electrons. The number of nitrogens with one attached hydrogen (secondary N) is 3. The number of carbonyl (C=O) groups excluding carboxylic acids is 3. The Bertz CT molecular complexity index is 570. The van der Waals surface area contributed by atoms with Gasteiger partial charge in [-0.15, -0.1) is 0 Å². The predicted molar refractivity (Wildman–Crippen MR) is 98.0 cm³/mol. The van der Waals surface area contributed by atoms with Gasteiger partial charge >= 0.3 is 11.9 Å². The van der Waals surface area contributed by atoms with Crippen molar-refractivity contribution in [2.75, 3.05) is 12.3 Å². The van der Waals surface area contributed by atoms with Gasteiger partial charge < -0.3 is 31.9 Å². The van der Waals surface area contributed by atoms with E-state index in [-0.39, 0.29) is 18.1 Å². The molecule has 0 heterocycles. The number of hydrogen-bond donors (Lipinski definition) is 7. The van der Waals surface area contributed by atoms with E-state index in [0.29, 0.717) is 0 Å². The normalized spacial score (nSPS) is 14.0. The molecule has 7 N–H and O–H groups in total. The minimum absolute atomic E-state index is 0.137. The van der Waals surface area contributed by atoms with Crippen molar-refractivity contribution in [1.82, 2.24) is 16.0 Å². The molecule has 0 saturated heterocycles. The maximum absolute atomic E-state index is 12.4. The van der Waals surface area contributed by atoms with E-state index in [1.165, 1.54) is 0 Å². The summed E-state index contributed by atoms with van der Waals surface area (Å²) in [4.78, 5) is 57.7. The van der Waals surface area contributed by atoms with Gasteiger partial charge in [-0.25, -0.2) is 0 Å². The van der Waals surface area contributed by atoms with Crippen LogP contribution in [0.25, 0.3) is 0 Å². The largest absolute Gasteiger partial charge is 0.481 e. The van der Waals surface area contributed by atoms with Gasteiger partial charge in [0.05, 0.1) is 6.04 Å². The summed E-state index contributed by atoms with van der Waals surface area (Å²) in [6.07, 6.45) is -0.611. The molecule has 0 aliphatic rings. The summed E-state index contributed by atoms with van der Waals surface area (Å²) >= 11 is 3.93. The first-order valence-electron chi connectivity index (χ1n) is 8.18. The van der Waals surface area contributed by atoms with Crippen molar-refractivity contribution in [3.05, 3.63) is 0 Å². The molecule has 0 radical (unpaired) electrons. The van der Waals surface area contributed by atoms with Crippen LogP contribution in [0.5, 0.6) is 0 Å². The summed E-state index contributed by atoms with van der Waals surface area (Å²) in [5, 5.41) is 24.2. The fourth-order valence-corrected chi connectivity index (χ4v) is 2.12. The standard InChI is InChI=1S/C15H26N4O7S/c1-7(2)12(16)15(26)18-8(3-4-10(20)21)14(25)19-9(6-27)13(24)17-5-11(22)23/h7-9,12,27H,3-6,16H2,1-2H3,(H,17,24)(H,18,26)(H,19,25)(H,20,21)(H,22,23)/t8-,9-,12-/m0/s1. The van der Waals surface area contributed by atoms with E-state index < -0.39 is 60.8 Å². The Hall–Kier alpha value is -2.34. The zero-order chi connectivity index (χ0) is 21.1. The molecule has 0 aromatic rings. The Morgan fingerprint density at radius 3 is 1.93 bits per heavy atom. The predicted octanol–water partition coefficient (Wildman–Crippen LogP) is -2.07. The zero-order valence-corrected chi connectivity index (χ0v) is 16.0. The number of amides is 3. The summed E-state index contributed by atoms with van der Waals surface area (Å²) in [7, 11) is 0. The van der Waals surface area contributed by atoms with Gasteiger partial charge in [0, 0.05) is 12.2 Å². The van der Waals surface area contributed by atoms with Gasteiger partial charge in [-0.3, -0.25) is 24.0 Å². The van der Waals surface area contributed by atoms with Crippen LogP contribution in [-0.2, 0) is 24.0 Å². The fourth-order valence-electron chi connectivity index (χ4n) is 1.86. The molecule has 0 aromatic heterocycles. The molecule has 0 bridgehead atoms. The van der Waals surface area contributed by atoms with Crippen LogP contribution in [0, 0.1) is 5.92 Å². The van der Waals surface area contributed by atoms with Crippen LogP contribution < -0.4 is 21.7 Å². The summed E-state index contributed by atoms with van der Waals surface area (Å²) in [5.74, 6) is -4.98. The Balaban J connectivity index is 5.08. The number of aliphatic carboxylic acids is 2. The Morgan fingerprint density at radius 2 is 1.48 bits per heavy atom. The molecule has 0 aliphatic carbocycles. The average molecular weight is 406 g/mol. The Morgan fingerprint density at radius 1 is 0.926 bits per heavy atom. The van der Waals surface area contributed by atoms with E-state index in [0.717, 1.165) is 0 Å². The van der Waals surface area contributed by atoms with Crippen LogP contribution in [0.15, 0.2) is 0 Å². The van der Waals surface area contributed by atoms with Gasteiger partial charge in [0.2, 0.25) is 17.7 Å². The third-order valence-electron chi connectivity index (χ3n) is 3.53. The van der Waals surface area contributed by atoms with Crippen molar-refractivity contribution >= 4 is 42.3 Å². The second kappa shape index (κ2) is 12.1. The Kier molecular flexibility index (Phi) is 11.1. The number of thiol groups is 1. The van der Waals surface area contributed by atoms with Crippen molar-refractivity contribution in [2.24, 2.45) is 11.7 Å². The van der Waals surface area contributed by atoms with Gasteiger partial charge in [-0.1, -0.05) is 13.8 Å². The molecule has 0 fully saturated rings. The van der Waals surface area contributed by atoms with E-state index in [1.807, 2.05) is 0 Å². The molecule has 12 heteroatoms. The van der Waals surface area contributed by atoms with Crippen molar-refractivity contribution in [2.45, 2.75) is 44.8 Å². The van der Waals surface area contributed by atoms with Gasteiger partial charge in [0.1, 0.15) is 18.6 Å². The topological polar surface area (TPSA) is 188 Å². The first-order valence-corrected chi connectivity index (χ1v) is 8.81. The van der Waals surface area contributed by atoms with Crippen LogP contribution in [-0.4, -0.2) is 70.3 Å². The molecule has 0 aromatic carbocycles. The van der Waals surface area contributed by atoms with Gasteiger partial charge in [-0.05, 0) is 12.3 Å². The van der Waals surface area contributed by atoms with Crippen LogP contribution in [0.4, 0.5) is 0 Å². The summed E-state index contributed by atoms with van der Waals surface area (Å²) in [5.41, 5.74) is 5.72. The molecule has 3 amide bonds. The summed E-state index contributed by atoms with van der Waals surface area (Å²) < 4.78 is 0. The highest BCUT2D eigenvalue weighted by Gasteiger charge is 2.28. The smallest absolute Gasteiger partial charge is 0.322 e. The fraction of sp³-hybridized carbons (Fsp3) is 0.667. The molecule has 27 heavy (non-hydrogen) atoms. The van der Waals surface area contributed by atoms with Gasteiger partial charge in [-0.2, -0.15) is 12.6 Å². The average Bonchev–Trinajstić information content (AvgIpc) is 2.59. The third-order valence-corrected chi connectivity index (χ3v) is 3.90. The molecule has 11 nitrogen and oxygen atoms in total. The maximum Gasteiger partial charge on any atom is 0.322 e. The Labute approximate surface area is 161 Å². The number of carboxylic acid groups (broad SMARTS) is 2. The summed E-state index contributed by atoms with van der Waals surface area (Å²) in [6.45, 7) is 2.78. The highest BCUT2D eigenvalue weighted by Crippen LogP contribution is 2.04. The van der Waals surface area contributed by atoms with Crippen LogP contribution in [0.2, 0.25) is 0 Å². The van der Waals surface area contributed by atoms with E-state index in [1.54, 1.807) is 13.8 Å². The van der Waals surface area contributed by atoms with Crippen molar-refractivity contribution in [3.8, 4) is 0 Å². The molecule has 0 rings (SSSR count). The molecule has 0 unspecified atom stereocenters. The van der Waals surface area contributed by atoms with E-state index >= 15 is 0 Å². The number of rotatable bonds is 12. The van der Waals surface area contributed by atoms with Crippen molar-refractivity contribution < 1.29 is 34.2 Å². The molecule has 0 spiro atoms. The lowest BCUT2D eigenvalue weighted by atomic mass is 10.0. The van der Waals surface area contributed by atoms with E-state index in [2.05, 4.69) is 28.6 Å². The van der Waals surface area contributed by atoms with Crippen LogP contribution in [0.1, 0.15) is 26.7 Å². The zero-order valence-electron chi connectivity index (χ0n) is 15.1. The van der Waals surface area contributed by atoms with Crippen molar-refractivity contribution in [3.63, 3.8) is 0 Å².